The van der Waals surface area contributed by atoms with Crippen molar-refractivity contribution in [3.63, 3.8) is 0 Å². The van der Waals surface area contributed by atoms with Crippen molar-refractivity contribution < 1.29 is 21.6 Å². The Kier molecular flexibility index (Phi) is 6.86. The van der Waals surface area contributed by atoms with E-state index in [9.17, 15) is 21.6 Å². The first-order valence-corrected chi connectivity index (χ1v) is 8.96. The third-order valence-electron chi connectivity index (χ3n) is 2.92. The summed E-state index contributed by atoms with van der Waals surface area (Å²) in [5.74, 6) is 0.459. The second-order valence-corrected chi connectivity index (χ2v) is 7.29. The molecule has 5 nitrogen and oxygen atoms in total. The van der Waals surface area contributed by atoms with E-state index in [1.807, 2.05) is 0 Å². The van der Waals surface area contributed by atoms with Crippen molar-refractivity contribution in [2.45, 2.75) is 19.1 Å². The summed E-state index contributed by atoms with van der Waals surface area (Å²) in [4.78, 5) is 3.93. The summed E-state index contributed by atoms with van der Waals surface area (Å²) in [6.45, 7) is 0.574. The van der Waals surface area contributed by atoms with Gasteiger partial charge in [-0.15, -0.1) is 0 Å². The molecule has 0 aromatic heterocycles. The predicted molar refractivity (Wildman–Crippen MR) is 84.0 cm³/mol. The largest absolute Gasteiger partial charge is 0.416 e. The van der Waals surface area contributed by atoms with Crippen molar-refractivity contribution in [2.24, 2.45) is 4.99 Å². The summed E-state index contributed by atoms with van der Waals surface area (Å²) >= 11 is 0. The average molecular weight is 351 g/mol. The number of guanidine groups is 1. The number of rotatable bonds is 6. The van der Waals surface area contributed by atoms with Crippen LogP contribution in [-0.4, -0.2) is 40.0 Å². The molecule has 0 aliphatic carbocycles. The molecule has 0 aliphatic rings. The molecule has 23 heavy (non-hydrogen) atoms. The van der Waals surface area contributed by atoms with Crippen LogP contribution in [0.3, 0.4) is 0 Å². The lowest BCUT2D eigenvalue weighted by molar-refractivity contribution is -0.137. The number of alkyl halides is 3. The van der Waals surface area contributed by atoms with E-state index >= 15 is 0 Å². The molecule has 0 saturated carbocycles. The van der Waals surface area contributed by atoms with Crippen LogP contribution in [0.5, 0.6) is 0 Å². The van der Waals surface area contributed by atoms with E-state index in [2.05, 4.69) is 15.6 Å². The number of nitrogens with zero attached hydrogens (tertiary/aromatic N) is 1. The number of sulfone groups is 1. The first-order valence-electron chi connectivity index (χ1n) is 6.90. The highest BCUT2D eigenvalue weighted by molar-refractivity contribution is 7.90. The molecule has 0 heterocycles. The number of hydrogen-bond donors (Lipinski definition) is 2. The van der Waals surface area contributed by atoms with Gasteiger partial charge in [0.25, 0.3) is 0 Å². The quantitative estimate of drug-likeness (QED) is 0.466. The standard InChI is InChI=1S/C14H20F3N3O2S/c1-18-13(19-7-4-8-23(2,21)22)20-10-11-5-3-6-12(9-11)14(15,16)17/h3,5-6,9H,4,7-8,10H2,1-2H3,(H2,18,19,20). The van der Waals surface area contributed by atoms with Gasteiger partial charge in [0.05, 0.1) is 11.3 Å². The minimum absolute atomic E-state index is 0.0601. The summed E-state index contributed by atoms with van der Waals surface area (Å²) < 4.78 is 59.9. The highest BCUT2D eigenvalue weighted by Crippen LogP contribution is 2.29. The lowest BCUT2D eigenvalue weighted by Gasteiger charge is -2.13. The first kappa shape index (κ1) is 19.3. The highest BCUT2D eigenvalue weighted by Gasteiger charge is 2.30. The van der Waals surface area contributed by atoms with Crippen LogP contribution < -0.4 is 10.6 Å². The van der Waals surface area contributed by atoms with Crippen molar-refractivity contribution >= 4 is 15.8 Å². The van der Waals surface area contributed by atoms with Crippen molar-refractivity contribution in [2.75, 3.05) is 25.6 Å². The maximum absolute atomic E-state index is 12.6. The Balaban J connectivity index is 2.49. The predicted octanol–water partition coefficient (Wildman–Crippen LogP) is 1.81. The topological polar surface area (TPSA) is 70.6 Å². The van der Waals surface area contributed by atoms with E-state index in [-0.39, 0.29) is 12.3 Å². The van der Waals surface area contributed by atoms with Gasteiger partial charge in [-0.3, -0.25) is 4.99 Å². The monoisotopic (exact) mass is 351 g/mol. The van der Waals surface area contributed by atoms with E-state index in [0.717, 1.165) is 18.4 Å². The normalized spacial score (nSPS) is 13.0. The lowest BCUT2D eigenvalue weighted by Crippen LogP contribution is -2.37. The molecule has 0 radical (unpaired) electrons. The van der Waals surface area contributed by atoms with Crippen molar-refractivity contribution in [1.29, 1.82) is 0 Å². The minimum Gasteiger partial charge on any atom is -0.356 e. The second kappa shape index (κ2) is 8.19. The molecule has 0 fully saturated rings. The Bertz CT molecular complexity index is 643. The number of halogens is 3. The van der Waals surface area contributed by atoms with Gasteiger partial charge in [0.2, 0.25) is 0 Å². The van der Waals surface area contributed by atoms with Crippen molar-refractivity contribution in [1.82, 2.24) is 10.6 Å². The van der Waals surface area contributed by atoms with Gasteiger partial charge in [0, 0.05) is 26.4 Å². The van der Waals surface area contributed by atoms with Crippen LogP contribution in [0.15, 0.2) is 29.3 Å². The fourth-order valence-electron chi connectivity index (χ4n) is 1.81. The van der Waals surface area contributed by atoms with E-state index in [0.29, 0.717) is 24.5 Å². The number of hydrogen-bond acceptors (Lipinski definition) is 3. The van der Waals surface area contributed by atoms with E-state index < -0.39 is 21.6 Å². The molecule has 1 aromatic rings. The maximum Gasteiger partial charge on any atom is 0.416 e. The fraction of sp³-hybridized carbons (Fsp3) is 0.500. The molecular formula is C14H20F3N3O2S. The van der Waals surface area contributed by atoms with Gasteiger partial charge in [-0.2, -0.15) is 13.2 Å². The van der Waals surface area contributed by atoms with Gasteiger partial charge < -0.3 is 10.6 Å². The molecule has 1 rings (SSSR count). The van der Waals surface area contributed by atoms with Gasteiger partial charge in [-0.05, 0) is 24.1 Å². The zero-order valence-corrected chi connectivity index (χ0v) is 13.8. The molecule has 9 heteroatoms. The molecular weight excluding hydrogens is 331 g/mol. The molecule has 0 unspecified atom stereocenters. The first-order chi connectivity index (χ1) is 10.6. The van der Waals surface area contributed by atoms with Gasteiger partial charge in [-0.25, -0.2) is 8.42 Å². The Hall–Kier alpha value is -1.77. The van der Waals surface area contributed by atoms with Crippen molar-refractivity contribution in [3.05, 3.63) is 35.4 Å². The number of nitrogens with one attached hydrogen (secondary N) is 2. The SMILES string of the molecule is CN=C(NCCCS(C)(=O)=O)NCc1cccc(C(F)(F)F)c1. The fourth-order valence-corrected chi connectivity index (χ4v) is 2.47. The average Bonchev–Trinajstić information content (AvgIpc) is 2.45. The molecule has 130 valence electrons. The summed E-state index contributed by atoms with van der Waals surface area (Å²) in [7, 11) is -1.48. The summed E-state index contributed by atoms with van der Waals surface area (Å²) in [6, 6.07) is 5.02. The Morgan fingerprint density at radius 3 is 2.52 bits per heavy atom. The van der Waals surface area contributed by atoms with Gasteiger partial charge in [0.1, 0.15) is 9.84 Å². The van der Waals surface area contributed by atoms with Gasteiger partial charge in [-0.1, -0.05) is 12.1 Å². The van der Waals surface area contributed by atoms with Crippen LogP contribution in [-0.2, 0) is 22.6 Å². The van der Waals surface area contributed by atoms with Crippen LogP contribution >= 0.6 is 0 Å². The smallest absolute Gasteiger partial charge is 0.356 e. The number of aliphatic imine (C=N–C) groups is 1. The summed E-state index contributed by atoms with van der Waals surface area (Å²) in [5.41, 5.74) is -0.230. The van der Waals surface area contributed by atoms with Crippen LogP contribution in [0.4, 0.5) is 13.2 Å². The lowest BCUT2D eigenvalue weighted by atomic mass is 10.1. The van der Waals surface area contributed by atoms with Crippen LogP contribution in [0.1, 0.15) is 17.5 Å². The zero-order chi connectivity index (χ0) is 17.5. The highest BCUT2D eigenvalue weighted by atomic mass is 32.2. The van der Waals surface area contributed by atoms with Crippen LogP contribution in [0.25, 0.3) is 0 Å². The minimum atomic E-state index is -4.37. The molecule has 1 aromatic carbocycles. The van der Waals surface area contributed by atoms with Gasteiger partial charge >= 0.3 is 6.18 Å². The van der Waals surface area contributed by atoms with E-state index in [1.165, 1.54) is 13.1 Å². The van der Waals surface area contributed by atoms with Gasteiger partial charge in [0.15, 0.2) is 5.96 Å². The third kappa shape index (κ3) is 7.87. The zero-order valence-electron chi connectivity index (χ0n) is 12.9. The molecule has 0 bridgehead atoms. The Morgan fingerprint density at radius 2 is 1.96 bits per heavy atom. The molecule has 0 amide bonds. The summed E-state index contributed by atoms with van der Waals surface area (Å²) in [6.07, 6.45) is -2.79. The third-order valence-corrected chi connectivity index (χ3v) is 3.95. The maximum atomic E-state index is 12.6. The molecule has 0 aliphatic heterocycles. The molecule has 0 saturated heterocycles. The van der Waals surface area contributed by atoms with E-state index in [1.54, 1.807) is 6.07 Å². The van der Waals surface area contributed by atoms with Crippen LogP contribution in [0.2, 0.25) is 0 Å². The van der Waals surface area contributed by atoms with Crippen molar-refractivity contribution in [3.8, 4) is 0 Å². The van der Waals surface area contributed by atoms with E-state index in [4.69, 9.17) is 0 Å². The molecule has 0 spiro atoms. The van der Waals surface area contributed by atoms with Crippen LogP contribution in [0, 0.1) is 0 Å². The molecule has 0 atom stereocenters. The Morgan fingerprint density at radius 1 is 1.26 bits per heavy atom. The Labute approximate surface area is 133 Å². The number of benzene rings is 1. The summed E-state index contributed by atoms with van der Waals surface area (Å²) in [5, 5.41) is 5.79. The molecule has 2 N–H and O–H groups in total. The second-order valence-electron chi connectivity index (χ2n) is 5.03.